The predicted molar refractivity (Wildman–Crippen MR) is 96.8 cm³/mol. The van der Waals surface area contributed by atoms with E-state index in [4.69, 9.17) is 0 Å². The Labute approximate surface area is 141 Å². The molecular formula is C15H17BrN4OS. The van der Waals surface area contributed by atoms with Crippen LogP contribution in [-0.2, 0) is 7.05 Å². The number of aromatic nitrogens is 2. The second-order valence-corrected chi connectivity index (χ2v) is 6.77. The Balaban J connectivity index is 1.99. The van der Waals surface area contributed by atoms with Crippen molar-refractivity contribution in [3.8, 4) is 5.69 Å². The van der Waals surface area contributed by atoms with Gasteiger partial charge in [0.15, 0.2) is 5.17 Å². The Morgan fingerprint density at radius 2 is 2.14 bits per heavy atom. The largest absolute Gasteiger partial charge is 0.329 e. The van der Waals surface area contributed by atoms with Gasteiger partial charge in [-0.3, -0.25) is 14.5 Å². The predicted octanol–water partition coefficient (Wildman–Crippen LogP) is 2.76. The summed E-state index contributed by atoms with van der Waals surface area (Å²) in [5.74, 6) is 0.937. The van der Waals surface area contributed by atoms with Gasteiger partial charge in [0.25, 0.3) is 5.56 Å². The van der Waals surface area contributed by atoms with Crippen LogP contribution in [0.5, 0.6) is 0 Å². The molecule has 0 aliphatic carbocycles. The number of thioether (sulfide) groups is 1. The molecule has 116 valence electrons. The number of hydrogen-bond acceptors (Lipinski definition) is 4. The molecule has 0 amide bonds. The lowest BCUT2D eigenvalue weighted by atomic mass is 10.3. The fraction of sp³-hybridized carbons (Fsp3) is 0.333. The van der Waals surface area contributed by atoms with Gasteiger partial charge in [-0.2, -0.15) is 0 Å². The van der Waals surface area contributed by atoms with Crippen molar-refractivity contribution in [2.24, 2.45) is 12.0 Å². The molecule has 2 heterocycles. The van der Waals surface area contributed by atoms with Gasteiger partial charge in [0.1, 0.15) is 5.69 Å². The molecule has 0 unspecified atom stereocenters. The van der Waals surface area contributed by atoms with Crippen LogP contribution in [-0.4, -0.2) is 31.7 Å². The molecule has 1 N–H and O–H groups in total. The molecule has 0 bridgehead atoms. The summed E-state index contributed by atoms with van der Waals surface area (Å²) in [4.78, 5) is 17.3. The topological polar surface area (TPSA) is 51.3 Å². The van der Waals surface area contributed by atoms with Crippen molar-refractivity contribution in [2.45, 2.75) is 13.0 Å². The molecule has 7 heteroatoms. The first-order valence-electron chi connectivity index (χ1n) is 6.99. The number of hydrogen-bond donors (Lipinski definition) is 1. The van der Waals surface area contributed by atoms with Gasteiger partial charge in [-0.05, 0) is 19.1 Å². The number of nitrogens with one attached hydrogen (secondary N) is 1. The smallest absolute Gasteiger partial charge is 0.295 e. The molecule has 1 aromatic heterocycles. The monoisotopic (exact) mass is 380 g/mol. The van der Waals surface area contributed by atoms with E-state index >= 15 is 0 Å². The molecule has 0 spiro atoms. The van der Waals surface area contributed by atoms with E-state index in [0.29, 0.717) is 5.69 Å². The molecule has 0 radical (unpaired) electrons. The van der Waals surface area contributed by atoms with Gasteiger partial charge in [-0.15, -0.1) is 0 Å². The number of anilines is 1. The number of rotatable bonds is 3. The van der Waals surface area contributed by atoms with Gasteiger partial charge in [0.05, 0.1) is 17.4 Å². The first-order chi connectivity index (χ1) is 10.6. The lowest BCUT2D eigenvalue weighted by Crippen LogP contribution is -2.21. The summed E-state index contributed by atoms with van der Waals surface area (Å²) in [5.41, 5.74) is 2.27. The summed E-state index contributed by atoms with van der Waals surface area (Å²) in [5, 5.41) is 4.87. The number of para-hydroxylation sites is 1. The molecule has 0 saturated carbocycles. The van der Waals surface area contributed by atoms with Gasteiger partial charge >= 0.3 is 0 Å². The standard InChI is InChI=1S/C15H17BrN4OS/c1-10-13(18-15-17-11(8-16)9-22-15)14(21)20(19(10)2)12-6-4-3-5-7-12/h3-7,11H,8-9H2,1-2H3,(H,17,18)/t11-/m0/s1. The third-order valence-electron chi connectivity index (χ3n) is 3.68. The lowest BCUT2D eigenvalue weighted by molar-refractivity contribution is 0.630. The second kappa shape index (κ2) is 6.34. The van der Waals surface area contributed by atoms with Crippen molar-refractivity contribution >= 4 is 38.5 Å². The highest BCUT2D eigenvalue weighted by atomic mass is 79.9. The first-order valence-corrected chi connectivity index (χ1v) is 9.10. The van der Waals surface area contributed by atoms with E-state index in [2.05, 4.69) is 26.2 Å². The highest BCUT2D eigenvalue weighted by molar-refractivity contribution is 9.09. The highest BCUT2D eigenvalue weighted by Gasteiger charge is 2.21. The zero-order chi connectivity index (χ0) is 15.7. The highest BCUT2D eigenvalue weighted by Crippen LogP contribution is 2.22. The maximum Gasteiger partial charge on any atom is 0.295 e. The Bertz CT molecular complexity index is 766. The Kier molecular flexibility index (Phi) is 4.44. The van der Waals surface area contributed by atoms with Crippen LogP contribution in [0.25, 0.3) is 5.69 Å². The van der Waals surface area contributed by atoms with E-state index in [1.807, 2.05) is 49.0 Å². The summed E-state index contributed by atoms with van der Waals surface area (Å²) in [6.45, 7) is 1.94. The van der Waals surface area contributed by atoms with Crippen LogP contribution in [0.15, 0.2) is 40.1 Å². The molecule has 2 aromatic rings. The van der Waals surface area contributed by atoms with E-state index in [-0.39, 0.29) is 11.6 Å². The minimum Gasteiger partial charge on any atom is -0.329 e. The summed E-state index contributed by atoms with van der Waals surface area (Å²) in [7, 11) is 1.89. The van der Waals surface area contributed by atoms with Crippen LogP contribution in [0, 0.1) is 6.92 Å². The van der Waals surface area contributed by atoms with E-state index in [9.17, 15) is 4.79 Å². The maximum atomic E-state index is 12.8. The van der Waals surface area contributed by atoms with Crippen LogP contribution in [0.3, 0.4) is 0 Å². The van der Waals surface area contributed by atoms with Gasteiger partial charge < -0.3 is 5.32 Å². The molecule has 1 aliphatic rings. The quantitative estimate of drug-likeness (QED) is 0.832. The van der Waals surface area contributed by atoms with Gasteiger partial charge in [-0.25, -0.2) is 4.68 Å². The van der Waals surface area contributed by atoms with E-state index in [1.165, 1.54) is 0 Å². The Hall–Kier alpha value is -1.47. The van der Waals surface area contributed by atoms with Crippen LogP contribution in [0.2, 0.25) is 0 Å². The molecule has 22 heavy (non-hydrogen) atoms. The van der Waals surface area contributed by atoms with Crippen molar-refractivity contribution in [1.82, 2.24) is 9.36 Å². The second-order valence-electron chi connectivity index (χ2n) is 5.11. The summed E-state index contributed by atoms with van der Waals surface area (Å²) < 4.78 is 3.53. The van der Waals surface area contributed by atoms with Crippen LogP contribution < -0.4 is 10.9 Å². The zero-order valence-electron chi connectivity index (χ0n) is 12.4. The third kappa shape index (κ3) is 2.75. The summed E-state index contributed by atoms with van der Waals surface area (Å²) >= 11 is 5.10. The van der Waals surface area contributed by atoms with Crippen molar-refractivity contribution in [2.75, 3.05) is 16.4 Å². The average Bonchev–Trinajstić information content (AvgIpc) is 3.07. The van der Waals surface area contributed by atoms with E-state index in [1.54, 1.807) is 16.4 Å². The number of amidine groups is 1. The molecule has 1 aliphatic heterocycles. The molecule has 5 nitrogen and oxygen atoms in total. The molecule has 0 saturated heterocycles. The minimum absolute atomic E-state index is 0.0585. The number of nitrogens with zero attached hydrogens (tertiary/aromatic N) is 3. The fourth-order valence-electron chi connectivity index (χ4n) is 2.38. The average molecular weight is 381 g/mol. The van der Waals surface area contributed by atoms with Gasteiger partial charge in [-0.1, -0.05) is 45.9 Å². The normalized spacial score (nSPS) is 17.6. The van der Waals surface area contributed by atoms with Crippen molar-refractivity contribution in [1.29, 1.82) is 0 Å². The third-order valence-corrected chi connectivity index (χ3v) is 5.46. The summed E-state index contributed by atoms with van der Waals surface area (Å²) in [6, 6.07) is 9.91. The number of alkyl halides is 1. The fourth-order valence-corrected chi connectivity index (χ4v) is 4.00. The number of aliphatic imine (C=N–C) groups is 1. The van der Waals surface area contributed by atoms with E-state index in [0.717, 1.165) is 27.6 Å². The van der Waals surface area contributed by atoms with Crippen molar-refractivity contribution in [3.63, 3.8) is 0 Å². The number of benzene rings is 1. The van der Waals surface area contributed by atoms with Crippen LogP contribution >= 0.6 is 27.7 Å². The molecule has 1 atom stereocenters. The number of halogens is 1. The molecule has 1 aromatic carbocycles. The van der Waals surface area contributed by atoms with Crippen molar-refractivity contribution in [3.05, 3.63) is 46.4 Å². The van der Waals surface area contributed by atoms with Crippen LogP contribution in [0.4, 0.5) is 5.69 Å². The zero-order valence-corrected chi connectivity index (χ0v) is 14.8. The first kappa shape index (κ1) is 15.4. The molecule has 3 rings (SSSR count). The lowest BCUT2D eigenvalue weighted by Gasteiger charge is -2.07. The molecule has 0 fully saturated rings. The minimum atomic E-state index is -0.0585. The molecular weight excluding hydrogens is 364 g/mol. The summed E-state index contributed by atoms with van der Waals surface area (Å²) in [6.07, 6.45) is 0. The maximum absolute atomic E-state index is 12.8. The Morgan fingerprint density at radius 3 is 2.77 bits per heavy atom. The Morgan fingerprint density at radius 1 is 1.41 bits per heavy atom. The van der Waals surface area contributed by atoms with Crippen LogP contribution in [0.1, 0.15) is 5.69 Å². The SMILES string of the molecule is Cc1c(NC2=N[C@@H](CBr)CS2)c(=O)n(-c2ccccc2)n1C. The van der Waals surface area contributed by atoms with Crippen molar-refractivity contribution < 1.29 is 0 Å². The van der Waals surface area contributed by atoms with Gasteiger partial charge in [0, 0.05) is 18.1 Å². The van der Waals surface area contributed by atoms with E-state index < -0.39 is 0 Å². The van der Waals surface area contributed by atoms with Gasteiger partial charge in [0.2, 0.25) is 0 Å².